The first kappa shape index (κ1) is 27.3. The second-order valence-corrected chi connectivity index (χ2v) is 10.2. The average molecular weight is 417 g/mol. The molecule has 0 aliphatic carbocycles. The molecule has 5 nitrogen and oxygen atoms in total. The summed E-state index contributed by atoms with van der Waals surface area (Å²) in [7, 11) is -2.79. The van der Waals surface area contributed by atoms with Crippen LogP contribution in [0.1, 0.15) is 92.4 Å². The van der Waals surface area contributed by atoms with Crippen LogP contribution in [0.25, 0.3) is 0 Å². The standard InChI is InChI=1S/C22H44O5Si/c1-7-11-16-24-28(25-17-12-8-2,26-18-13-9-3)19-15-21(14-10-4)27-22(23)20(5)6/h21H,5,7-19H2,1-4,6H3. The zero-order valence-corrected chi connectivity index (χ0v) is 20.0. The SMILES string of the molecule is C=C(C)C(=O)OC(CCC)CC[Si](OCCCC)(OCCCC)OCCCC. The number of ether oxygens (including phenoxy) is 1. The third-order valence-corrected chi connectivity index (χ3v) is 7.30. The quantitative estimate of drug-likeness (QED) is 0.111. The fourth-order valence-corrected chi connectivity index (χ4v) is 5.36. The molecule has 0 aromatic rings. The Balaban J connectivity index is 5.14. The molecule has 0 radical (unpaired) electrons. The molecule has 0 aliphatic rings. The van der Waals surface area contributed by atoms with Gasteiger partial charge in [-0.3, -0.25) is 0 Å². The van der Waals surface area contributed by atoms with E-state index in [1.807, 2.05) is 0 Å². The van der Waals surface area contributed by atoms with Crippen molar-refractivity contribution in [2.45, 2.75) is 105 Å². The number of hydrogen-bond acceptors (Lipinski definition) is 5. The van der Waals surface area contributed by atoms with Gasteiger partial charge < -0.3 is 18.0 Å². The summed E-state index contributed by atoms with van der Waals surface area (Å²) in [6.45, 7) is 15.9. The highest BCUT2D eigenvalue weighted by Crippen LogP contribution is 2.24. The lowest BCUT2D eigenvalue weighted by Crippen LogP contribution is -2.47. The van der Waals surface area contributed by atoms with Gasteiger partial charge in [-0.25, -0.2) is 4.79 Å². The first-order chi connectivity index (χ1) is 13.4. The summed E-state index contributed by atoms with van der Waals surface area (Å²) in [5.41, 5.74) is 0.433. The second-order valence-electron chi connectivity index (χ2n) is 7.42. The summed E-state index contributed by atoms with van der Waals surface area (Å²) in [4.78, 5) is 12.0. The topological polar surface area (TPSA) is 54.0 Å². The van der Waals surface area contributed by atoms with Gasteiger partial charge in [0.1, 0.15) is 6.10 Å². The molecule has 0 fully saturated rings. The van der Waals surface area contributed by atoms with Crippen LogP contribution in [0.5, 0.6) is 0 Å². The van der Waals surface area contributed by atoms with E-state index in [0.717, 1.165) is 51.4 Å². The van der Waals surface area contributed by atoms with Crippen LogP contribution >= 0.6 is 0 Å². The lowest BCUT2D eigenvalue weighted by molar-refractivity contribution is -0.144. The second kappa shape index (κ2) is 17.2. The number of rotatable bonds is 19. The Hall–Kier alpha value is -0.693. The highest BCUT2D eigenvalue weighted by atomic mass is 28.4. The molecule has 28 heavy (non-hydrogen) atoms. The molecular formula is C22H44O5Si. The number of carbonyl (C=O) groups is 1. The van der Waals surface area contributed by atoms with E-state index in [-0.39, 0.29) is 12.1 Å². The molecule has 1 unspecified atom stereocenters. The van der Waals surface area contributed by atoms with E-state index in [9.17, 15) is 4.79 Å². The molecule has 0 aromatic carbocycles. The Kier molecular flexibility index (Phi) is 16.8. The van der Waals surface area contributed by atoms with Gasteiger partial charge >= 0.3 is 14.8 Å². The van der Waals surface area contributed by atoms with E-state index < -0.39 is 8.80 Å². The van der Waals surface area contributed by atoms with Crippen LogP contribution in [0.3, 0.4) is 0 Å². The smallest absolute Gasteiger partial charge is 0.459 e. The summed E-state index contributed by atoms with van der Waals surface area (Å²) in [5, 5.41) is 0. The maximum Gasteiger partial charge on any atom is 0.501 e. The van der Waals surface area contributed by atoms with Crippen molar-refractivity contribution in [2.24, 2.45) is 0 Å². The molecule has 1 atom stereocenters. The predicted octanol–water partition coefficient (Wildman–Crippen LogP) is 6.05. The highest BCUT2D eigenvalue weighted by molar-refractivity contribution is 6.60. The summed E-state index contributed by atoms with van der Waals surface area (Å²) in [6.07, 6.45) is 8.51. The molecule has 0 aromatic heterocycles. The molecule has 0 spiro atoms. The van der Waals surface area contributed by atoms with Gasteiger partial charge in [-0.15, -0.1) is 0 Å². The minimum Gasteiger partial charge on any atom is -0.459 e. The fourth-order valence-electron chi connectivity index (χ4n) is 2.63. The number of hydrogen-bond donors (Lipinski definition) is 0. The van der Waals surface area contributed by atoms with Crippen molar-refractivity contribution in [2.75, 3.05) is 19.8 Å². The zero-order chi connectivity index (χ0) is 21.3. The first-order valence-corrected chi connectivity index (χ1v) is 13.2. The molecule has 0 rings (SSSR count). The van der Waals surface area contributed by atoms with Crippen LogP contribution < -0.4 is 0 Å². The largest absolute Gasteiger partial charge is 0.501 e. The van der Waals surface area contributed by atoms with Crippen molar-refractivity contribution in [1.82, 2.24) is 0 Å². The van der Waals surface area contributed by atoms with Crippen LogP contribution in [0.15, 0.2) is 12.2 Å². The van der Waals surface area contributed by atoms with Gasteiger partial charge in [-0.05, 0) is 39.0 Å². The molecule has 0 saturated heterocycles. The summed E-state index contributed by atoms with van der Waals surface area (Å²) < 4.78 is 24.5. The summed E-state index contributed by atoms with van der Waals surface area (Å²) >= 11 is 0. The number of carbonyl (C=O) groups excluding carboxylic acids is 1. The van der Waals surface area contributed by atoms with E-state index in [4.69, 9.17) is 18.0 Å². The number of unbranched alkanes of at least 4 members (excludes halogenated alkanes) is 3. The Morgan fingerprint density at radius 1 is 0.821 bits per heavy atom. The van der Waals surface area contributed by atoms with Crippen molar-refractivity contribution in [1.29, 1.82) is 0 Å². The lowest BCUT2D eigenvalue weighted by atomic mass is 10.1. The van der Waals surface area contributed by atoms with Gasteiger partial charge in [0.15, 0.2) is 0 Å². The van der Waals surface area contributed by atoms with Gasteiger partial charge in [-0.1, -0.05) is 60.0 Å². The fraction of sp³-hybridized carbons (Fsp3) is 0.864. The third-order valence-electron chi connectivity index (χ3n) is 4.46. The first-order valence-electron chi connectivity index (χ1n) is 11.2. The van der Waals surface area contributed by atoms with Crippen molar-refractivity contribution < 1.29 is 22.8 Å². The lowest BCUT2D eigenvalue weighted by Gasteiger charge is -2.31. The highest BCUT2D eigenvalue weighted by Gasteiger charge is 2.41. The molecule has 0 N–H and O–H groups in total. The summed E-state index contributed by atoms with van der Waals surface area (Å²) in [5.74, 6) is -0.323. The van der Waals surface area contributed by atoms with Crippen molar-refractivity contribution >= 4 is 14.8 Å². The minimum atomic E-state index is -2.79. The van der Waals surface area contributed by atoms with E-state index in [1.165, 1.54) is 0 Å². The van der Waals surface area contributed by atoms with Crippen molar-refractivity contribution in [3.8, 4) is 0 Å². The maximum atomic E-state index is 12.0. The Morgan fingerprint density at radius 2 is 1.29 bits per heavy atom. The van der Waals surface area contributed by atoms with Crippen LogP contribution in [0, 0.1) is 0 Å². The van der Waals surface area contributed by atoms with E-state index in [2.05, 4.69) is 34.3 Å². The van der Waals surface area contributed by atoms with Crippen molar-refractivity contribution in [3.05, 3.63) is 12.2 Å². The minimum absolute atomic E-state index is 0.152. The molecular weight excluding hydrogens is 372 g/mol. The van der Waals surface area contributed by atoms with E-state index in [1.54, 1.807) is 6.92 Å². The Bertz CT molecular complexity index is 387. The van der Waals surface area contributed by atoms with Gasteiger partial charge in [-0.2, -0.15) is 0 Å². The van der Waals surface area contributed by atoms with Gasteiger partial charge in [0, 0.05) is 31.4 Å². The van der Waals surface area contributed by atoms with Crippen molar-refractivity contribution in [3.63, 3.8) is 0 Å². The molecule has 0 aliphatic heterocycles. The van der Waals surface area contributed by atoms with Crippen LogP contribution in [0.2, 0.25) is 6.04 Å². The normalized spacial score (nSPS) is 12.8. The average Bonchev–Trinajstić information content (AvgIpc) is 2.66. The van der Waals surface area contributed by atoms with E-state index in [0.29, 0.717) is 37.9 Å². The van der Waals surface area contributed by atoms with Crippen LogP contribution in [-0.4, -0.2) is 40.7 Å². The molecule has 0 amide bonds. The predicted molar refractivity (Wildman–Crippen MR) is 117 cm³/mol. The van der Waals surface area contributed by atoms with Crippen LogP contribution in [-0.2, 0) is 22.8 Å². The molecule has 166 valence electrons. The molecule has 0 bridgehead atoms. The molecule has 6 heteroatoms. The van der Waals surface area contributed by atoms with Crippen LogP contribution in [0.4, 0.5) is 0 Å². The molecule has 0 heterocycles. The summed E-state index contributed by atoms with van der Waals surface area (Å²) in [6, 6.07) is 0.679. The van der Waals surface area contributed by atoms with E-state index >= 15 is 0 Å². The third kappa shape index (κ3) is 12.7. The molecule has 0 saturated carbocycles. The number of esters is 1. The Labute approximate surface area is 174 Å². The van der Waals surface area contributed by atoms with Gasteiger partial charge in [0.05, 0.1) is 0 Å². The van der Waals surface area contributed by atoms with Gasteiger partial charge in [0.25, 0.3) is 0 Å². The maximum absolute atomic E-state index is 12.0. The Morgan fingerprint density at radius 3 is 1.64 bits per heavy atom. The monoisotopic (exact) mass is 416 g/mol. The van der Waals surface area contributed by atoms with Gasteiger partial charge in [0.2, 0.25) is 0 Å². The zero-order valence-electron chi connectivity index (χ0n) is 19.0.